The number of hydrogen-bond acceptors (Lipinski definition) is 6. The van der Waals surface area contributed by atoms with Crippen LogP contribution in [0, 0.1) is 0 Å². The number of nitrogens with one attached hydrogen (secondary N) is 2. The Labute approximate surface area is 240 Å². The summed E-state index contributed by atoms with van der Waals surface area (Å²) in [5.74, 6) is 0.134. The van der Waals surface area contributed by atoms with Crippen LogP contribution in [0.15, 0.2) is 84.9 Å². The van der Waals surface area contributed by atoms with Crippen molar-refractivity contribution in [3.8, 4) is 28.4 Å². The Morgan fingerprint density at radius 2 is 1.31 bits per heavy atom. The molecule has 0 aliphatic carbocycles. The SMILES string of the molecule is COc1ccc(-c2c(OC(=O)c3ccccc3O)c3cc4nc(cc5ccc(cc6nc(cc2[nH]3)C=C6)[nH]5)C=C4)cc1. The molecule has 8 nitrogen and oxygen atoms in total. The molecule has 0 saturated carbocycles. The molecule has 8 heteroatoms. The van der Waals surface area contributed by atoms with Gasteiger partial charge >= 0.3 is 5.97 Å². The van der Waals surface area contributed by atoms with Gasteiger partial charge in [-0.05, 0) is 90.5 Å². The first-order valence-corrected chi connectivity index (χ1v) is 13.3. The summed E-state index contributed by atoms with van der Waals surface area (Å²) in [6.07, 6.45) is 7.70. The van der Waals surface area contributed by atoms with E-state index in [4.69, 9.17) is 19.4 Å². The van der Waals surface area contributed by atoms with Crippen molar-refractivity contribution in [3.05, 3.63) is 113 Å². The van der Waals surface area contributed by atoms with E-state index >= 15 is 0 Å². The van der Waals surface area contributed by atoms with Gasteiger partial charge in [-0.25, -0.2) is 14.8 Å². The second kappa shape index (κ2) is 10.3. The van der Waals surface area contributed by atoms with Gasteiger partial charge < -0.3 is 24.5 Å². The zero-order valence-electron chi connectivity index (χ0n) is 22.5. The van der Waals surface area contributed by atoms with Crippen molar-refractivity contribution < 1.29 is 19.4 Å². The highest BCUT2D eigenvalue weighted by molar-refractivity contribution is 6.00. The second-order valence-corrected chi connectivity index (χ2v) is 9.83. The molecule has 204 valence electrons. The Balaban J connectivity index is 1.53. The molecule has 42 heavy (non-hydrogen) atoms. The van der Waals surface area contributed by atoms with Gasteiger partial charge in [-0.15, -0.1) is 0 Å². The molecule has 2 aliphatic rings. The number of rotatable bonds is 4. The molecule has 0 unspecified atom stereocenters. The number of aromatic amines is 2. The number of hydrogen-bond donors (Lipinski definition) is 3. The molecule has 5 aromatic rings. The molecule has 0 fully saturated rings. The largest absolute Gasteiger partial charge is 0.507 e. The van der Waals surface area contributed by atoms with Crippen molar-refractivity contribution in [3.63, 3.8) is 0 Å². The number of fused-ring (bicyclic) bond motifs is 8. The van der Waals surface area contributed by atoms with Crippen LogP contribution in [-0.4, -0.2) is 38.1 Å². The lowest BCUT2D eigenvalue weighted by Crippen LogP contribution is -2.09. The number of aromatic hydroxyl groups is 1. The molecule has 7 rings (SSSR count). The number of phenols is 1. The number of H-pyrrole nitrogens is 2. The van der Waals surface area contributed by atoms with Gasteiger partial charge in [0.2, 0.25) is 0 Å². The maximum Gasteiger partial charge on any atom is 0.347 e. The van der Waals surface area contributed by atoms with Crippen molar-refractivity contribution in [2.45, 2.75) is 0 Å². The van der Waals surface area contributed by atoms with E-state index < -0.39 is 5.97 Å². The Kier molecular flexibility index (Phi) is 6.13. The second-order valence-electron chi connectivity index (χ2n) is 9.83. The lowest BCUT2D eigenvalue weighted by molar-refractivity contribution is 0.0735. The van der Waals surface area contributed by atoms with Crippen LogP contribution in [0.25, 0.3) is 57.5 Å². The smallest absolute Gasteiger partial charge is 0.347 e. The van der Waals surface area contributed by atoms with Crippen LogP contribution in [0.1, 0.15) is 33.1 Å². The first kappa shape index (κ1) is 25.1. The highest BCUT2D eigenvalue weighted by Gasteiger charge is 2.21. The van der Waals surface area contributed by atoms with Crippen LogP contribution in [0.4, 0.5) is 0 Å². The van der Waals surface area contributed by atoms with Gasteiger partial charge in [0.15, 0.2) is 5.75 Å². The van der Waals surface area contributed by atoms with Crippen molar-refractivity contribution in [2.75, 3.05) is 7.11 Å². The van der Waals surface area contributed by atoms with E-state index in [1.54, 1.807) is 19.2 Å². The molecule has 8 bridgehead atoms. The van der Waals surface area contributed by atoms with Crippen LogP contribution in [0.5, 0.6) is 17.2 Å². The normalized spacial score (nSPS) is 11.9. The summed E-state index contributed by atoms with van der Waals surface area (Å²) in [6, 6.07) is 25.5. The third kappa shape index (κ3) is 4.82. The Morgan fingerprint density at radius 1 is 0.714 bits per heavy atom. The molecule has 2 aliphatic heterocycles. The fourth-order valence-electron chi connectivity index (χ4n) is 5.00. The van der Waals surface area contributed by atoms with Gasteiger partial charge in [-0.3, -0.25) is 0 Å². The highest BCUT2D eigenvalue weighted by atomic mass is 16.5. The number of methoxy groups -OCH3 is 1. The van der Waals surface area contributed by atoms with E-state index in [1.807, 2.05) is 85.0 Å². The molecule has 0 atom stereocenters. The minimum Gasteiger partial charge on any atom is -0.507 e. The van der Waals surface area contributed by atoms with Gasteiger partial charge in [0.05, 0.1) is 46.5 Å². The Bertz CT molecular complexity index is 2090. The maximum absolute atomic E-state index is 13.4. The number of phenolic OH excluding ortho intramolecular Hbond substituents is 1. The minimum atomic E-state index is -0.691. The average molecular weight is 553 g/mol. The van der Waals surface area contributed by atoms with E-state index in [-0.39, 0.29) is 11.3 Å². The summed E-state index contributed by atoms with van der Waals surface area (Å²) in [5, 5.41) is 10.4. The summed E-state index contributed by atoms with van der Waals surface area (Å²) < 4.78 is 11.4. The van der Waals surface area contributed by atoms with Crippen molar-refractivity contribution in [1.29, 1.82) is 0 Å². The summed E-state index contributed by atoms with van der Waals surface area (Å²) >= 11 is 0. The van der Waals surface area contributed by atoms with Crippen molar-refractivity contribution >= 4 is 52.3 Å². The summed E-state index contributed by atoms with van der Waals surface area (Å²) in [4.78, 5) is 29.8. The molecule has 0 saturated heterocycles. The van der Waals surface area contributed by atoms with Crippen LogP contribution < -0.4 is 9.47 Å². The van der Waals surface area contributed by atoms with Crippen LogP contribution in [-0.2, 0) is 0 Å². The van der Waals surface area contributed by atoms with Crippen LogP contribution in [0.3, 0.4) is 0 Å². The number of esters is 1. The zero-order chi connectivity index (χ0) is 28.6. The summed E-state index contributed by atoms with van der Waals surface area (Å²) in [6.45, 7) is 0. The van der Waals surface area contributed by atoms with Crippen molar-refractivity contribution in [1.82, 2.24) is 19.9 Å². The highest BCUT2D eigenvalue weighted by Crippen LogP contribution is 2.40. The molecular weight excluding hydrogens is 528 g/mol. The van der Waals surface area contributed by atoms with E-state index in [2.05, 4.69) is 9.97 Å². The standard InChI is InChI=1S/C34H24N4O4/c1-41-27-14-6-20(7-15-27)32-29-18-25-12-10-23(36-25)16-21-8-9-22(35-21)17-24-11-13-26(37-24)19-30(38-29)33(32)42-34(40)28-4-2-3-5-31(28)39/h2-19,35,38-39H,1H3. The average Bonchev–Trinajstić information content (AvgIpc) is 3.79. The quantitative estimate of drug-likeness (QED) is 0.198. The van der Waals surface area contributed by atoms with Gasteiger partial charge in [0, 0.05) is 11.0 Å². The molecule has 3 N–H and O–H groups in total. The predicted molar refractivity (Wildman–Crippen MR) is 164 cm³/mol. The fourth-order valence-corrected chi connectivity index (χ4v) is 5.00. The summed E-state index contributed by atoms with van der Waals surface area (Å²) in [5.41, 5.74) is 7.53. The molecule has 3 aromatic heterocycles. The number of ether oxygens (including phenoxy) is 2. The van der Waals surface area contributed by atoms with E-state index in [1.165, 1.54) is 12.1 Å². The molecule has 0 spiro atoms. The molecule has 5 heterocycles. The fraction of sp³-hybridized carbons (Fsp3) is 0.0294. The van der Waals surface area contributed by atoms with Crippen LogP contribution in [0.2, 0.25) is 0 Å². The third-order valence-electron chi connectivity index (χ3n) is 7.00. The number of carbonyl (C=O) groups excluding carboxylic acids is 1. The Morgan fingerprint density at radius 3 is 1.93 bits per heavy atom. The molecular formula is C34H24N4O4. The first-order valence-electron chi connectivity index (χ1n) is 13.3. The number of benzene rings is 2. The molecule has 0 amide bonds. The number of nitrogens with zero attached hydrogens (tertiary/aromatic N) is 2. The number of para-hydroxylation sites is 1. The predicted octanol–water partition coefficient (Wildman–Crippen LogP) is 7.26. The minimum absolute atomic E-state index is 0.0561. The van der Waals surface area contributed by atoms with Gasteiger partial charge in [0.25, 0.3) is 0 Å². The van der Waals surface area contributed by atoms with E-state index in [0.717, 1.165) is 33.7 Å². The van der Waals surface area contributed by atoms with Gasteiger partial charge in [-0.1, -0.05) is 24.3 Å². The molecule has 0 radical (unpaired) electrons. The Hall–Kier alpha value is -5.89. The molecule has 2 aromatic carbocycles. The lowest BCUT2D eigenvalue weighted by atomic mass is 10.1. The van der Waals surface area contributed by atoms with Crippen LogP contribution >= 0.6 is 0 Å². The first-order chi connectivity index (χ1) is 20.5. The topological polar surface area (TPSA) is 113 Å². The van der Waals surface area contributed by atoms with Crippen molar-refractivity contribution in [2.24, 2.45) is 0 Å². The zero-order valence-corrected chi connectivity index (χ0v) is 22.5. The van der Waals surface area contributed by atoms with E-state index in [9.17, 15) is 9.90 Å². The maximum atomic E-state index is 13.4. The lowest BCUT2D eigenvalue weighted by Gasteiger charge is -2.09. The third-order valence-corrected chi connectivity index (χ3v) is 7.00. The monoisotopic (exact) mass is 552 g/mol. The number of aromatic nitrogens is 4. The number of carbonyl (C=O) groups is 1. The van der Waals surface area contributed by atoms with E-state index in [0.29, 0.717) is 33.8 Å². The summed E-state index contributed by atoms with van der Waals surface area (Å²) in [7, 11) is 1.61. The van der Waals surface area contributed by atoms with Gasteiger partial charge in [-0.2, -0.15) is 0 Å². The van der Waals surface area contributed by atoms with Gasteiger partial charge in [0.1, 0.15) is 17.1 Å².